The maximum Gasteiger partial charge on any atom is 0.358 e. The van der Waals surface area contributed by atoms with Gasteiger partial charge in [0, 0.05) is 20.1 Å². The van der Waals surface area contributed by atoms with Crippen molar-refractivity contribution in [1.29, 1.82) is 0 Å². The number of hydrogen-bond donors (Lipinski definition) is 0. The van der Waals surface area contributed by atoms with Gasteiger partial charge in [-0.2, -0.15) is 0 Å². The zero-order valence-corrected chi connectivity index (χ0v) is 10.3. The van der Waals surface area contributed by atoms with Gasteiger partial charge in [-0.25, -0.2) is 14.8 Å². The highest BCUT2D eigenvalue weighted by molar-refractivity contribution is 5.87. The molecule has 7 heteroatoms. The lowest BCUT2D eigenvalue weighted by molar-refractivity contribution is -0.129. The van der Waals surface area contributed by atoms with Crippen LogP contribution < -0.4 is 4.90 Å². The summed E-state index contributed by atoms with van der Waals surface area (Å²) in [6.07, 6.45) is 2.83. The second-order valence-electron chi connectivity index (χ2n) is 3.99. The fourth-order valence-electron chi connectivity index (χ4n) is 1.65. The van der Waals surface area contributed by atoms with Crippen LogP contribution in [0.2, 0.25) is 0 Å². The van der Waals surface area contributed by atoms with Gasteiger partial charge in [-0.15, -0.1) is 0 Å². The van der Waals surface area contributed by atoms with Gasteiger partial charge >= 0.3 is 5.97 Å². The molecule has 1 aromatic heterocycles. The first-order chi connectivity index (χ1) is 8.61. The average molecular weight is 250 g/mol. The predicted molar refractivity (Wildman–Crippen MR) is 63.2 cm³/mol. The number of likely N-dealkylation sites (N-methyl/N-ethyl adjacent to an activating group) is 1. The number of ether oxygens (including phenoxy) is 1. The van der Waals surface area contributed by atoms with Crippen LogP contribution in [-0.4, -0.2) is 60.5 Å². The van der Waals surface area contributed by atoms with Gasteiger partial charge in [0.1, 0.15) is 5.82 Å². The standard InChI is InChI=1S/C11H14N4O3/c1-14-3-4-15(7-10(14)16)9-6-12-8(5-13-9)11(17)18-2/h5-6H,3-4,7H2,1-2H3. The summed E-state index contributed by atoms with van der Waals surface area (Å²) in [4.78, 5) is 34.3. The number of aromatic nitrogens is 2. The van der Waals surface area contributed by atoms with Gasteiger partial charge in [-0.3, -0.25) is 4.79 Å². The van der Waals surface area contributed by atoms with Gasteiger partial charge in [0.25, 0.3) is 0 Å². The minimum Gasteiger partial charge on any atom is -0.464 e. The summed E-state index contributed by atoms with van der Waals surface area (Å²) in [7, 11) is 3.06. The van der Waals surface area contributed by atoms with Crippen LogP contribution in [0.1, 0.15) is 10.5 Å². The normalized spacial score (nSPS) is 15.8. The molecule has 2 rings (SSSR count). The Kier molecular flexibility index (Phi) is 3.40. The molecular formula is C11H14N4O3. The molecule has 18 heavy (non-hydrogen) atoms. The fraction of sp³-hybridized carbons (Fsp3) is 0.455. The van der Waals surface area contributed by atoms with Crippen LogP contribution in [0.4, 0.5) is 5.82 Å². The molecule has 96 valence electrons. The molecule has 0 unspecified atom stereocenters. The second-order valence-corrected chi connectivity index (χ2v) is 3.99. The van der Waals surface area contributed by atoms with Crippen molar-refractivity contribution in [1.82, 2.24) is 14.9 Å². The van der Waals surface area contributed by atoms with Crippen LogP contribution in [0.15, 0.2) is 12.4 Å². The van der Waals surface area contributed by atoms with E-state index in [4.69, 9.17) is 0 Å². The van der Waals surface area contributed by atoms with E-state index >= 15 is 0 Å². The van der Waals surface area contributed by atoms with Crippen LogP contribution in [0.5, 0.6) is 0 Å². The summed E-state index contributed by atoms with van der Waals surface area (Å²) in [5.41, 5.74) is 0.154. The third-order valence-electron chi connectivity index (χ3n) is 2.81. The lowest BCUT2D eigenvalue weighted by Crippen LogP contribution is -2.48. The first-order valence-electron chi connectivity index (χ1n) is 5.51. The fourth-order valence-corrected chi connectivity index (χ4v) is 1.65. The third-order valence-corrected chi connectivity index (χ3v) is 2.81. The summed E-state index contributed by atoms with van der Waals surface area (Å²) in [6, 6.07) is 0. The van der Waals surface area contributed by atoms with Crippen molar-refractivity contribution in [2.45, 2.75) is 0 Å². The van der Waals surface area contributed by atoms with E-state index in [9.17, 15) is 9.59 Å². The molecule has 1 saturated heterocycles. The van der Waals surface area contributed by atoms with Gasteiger partial charge in [-0.05, 0) is 0 Å². The van der Waals surface area contributed by atoms with E-state index in [0.717, 1.165) is 0 Å². The highest BCUT2D eigenvalue weighted by Crippen LogP contribution is 2.12. The summed E-state index contributed by atoms with van der Waals surface area (Å²) >= 11 is 0. The molecule has 0 radical (unpaired) electrons. The Morgan fingerprint density at radius 3 is 2.67 bits per heavy atom. The monoisotopic (exact) mass is 250 g/mol. The highest BCUT2D eigenvalue weighted by atomic mass is 16.5. The van der Waals surface area contributed by atoms with Crippen molar-refractivity contribution in [2.24, 2.45) is 0 Å². The van der Waals surface area contributed by atoms with Crippen molar-refractivity contribution in [3.8, 4) is 0 Å². The number of amides is 1. The van der Waals surface area contributed by atoms with E-state index in [1.807, 2.05) is 4.90 Å². The first kappa shape index (κ1) is 12.3. The van der Waals surface area contributed by atoms with Gasteiger partial charge in [-0.1, -0.05) is 0 Å². The number of carbonyl (C=O) groups is 2. The Hall–Kier alpha value is -2.18. The number of nitrogens with zero attached hydrogens (tertiary/aromatic N) is 4. The number of piperazine rings is 1. The van der Waals surface area contributed by atoms with Crippen LogP contribution >= 0.6 is 0 Å². The molecule has 0 aromatic carbocycles. The lowest BCUT2D eigenvalue weighted by atomic mass is 10.3. The van der Waals surface area contributed by atoms with Crippen LogP contribution in [0, 0.1) is 0 Å². The Morgan fingerprint density at radius 2 is 2.11 bits per heavy atom. The average Bonchev–Trinajstić information content (AvgIpc) is 2.41. The van der Waals surface area contributed by atoms with Crippen LogP contribution in [0.25, 0.3) is 0 Å². The highest BCUT2D eigenvalue weighted by Gasteiger charge is 2.22. The van der Waals surface area contributed by atoms with E-state index in [0.29, 0.717) is 18.9 Å². The maximum atomic E-state index is 11.6. The van der Waals surface area contributed by atoms with Crippen molar-refractivity contribution in [2.75, 3.05) is 38.7 Å². The second kappa shape index (κ2) is 4.99. The molecule has 1 aliphatic rings. The smallest absolute Gasteiger partial charge is 0.358 e. The van der Waals surface area contributed by atoms with E-state index in [1.54, 1.807) is 11.9 Å². The quantitative estimate of drug-likeness (QED) is 0.661. The number of carbonyl (C=O) groups excluding carboxylic acids is 2. The van der Waals surface area contributed by atoms with Gasteiger partial charge in [0.05, 0.1) is 26.0 Å². The van der Waals surface area contributed by atoms with Crippen LogP contribution in [0.3, 0.4) is 0 Å². The molecule has 0 saturated carbocycles. The zero-order valence-electron chi connectivity index (χ0n) is 10.3. The molecular weight excluding hydrogens is 236 g/mol. The number of esters is 1. The van der Waals surface area contributed by atoms with Gasteiger partial charge < -0.3 is 14.5 Å². The number of hydrogen-bond acceptors (Lipinski definition) is 6. The zero-order chi connectivity index (χ0) is 13.1. The molecule has 0 aliphatic carbocycles. The Labute approximate surface area is 104 Å². The van der Waals surface area contributed by atoms with Gasteiger partial charge in [0.15, 0.2) is 5.69 Å². The molecule has 1 fully saturated rings. The summed E-state index contributed by atoms with van der Waals surface area (Å²) < 4.78 is 4.54. The van der Waals surface area contributed by atoms with Crippen molar-refractivity contribution >= 4 is 17.7 Å². The Morgan fingerprint density at radius 1 is 1.33 bits per heavy atom. The summed E-state index contributed by atoms with van der Waals surface area (Å²) in [5, 5.41) is 0. The number of methoxy groups -OCH3 is 1. The predicted octanol–water partition coefficient (Wildman–Crippen LogP) is -0.458. The van der Waals surface area contributed by atoms with E-state index in [2.05, 4.69) is 14.7 Å². The van der Waals surface area contributed by atoms with E-state index < -0.39 is 5.97 Å². The molecule has 0 atom stereocenters. The maximum absolute atomic E-state index is 11.6. The van der Waals surface area contributed by atoms with Gasteiger partial charge in [0.2, 0.25) is 5.91 Å². The lowest BCUT2D eigenvalue weighted by Gasteiger charge is -2.32. The Balaban J connectivity index is 2.10. The minimum absolute atomic E-state index is 0.0418. The number of anilines is 1. The molecule has 1 aromatic rings. The third kappa shape index (κ3) is 2.39. The molecule has 1 amide bonds. The minimum atomic E-state index is -0.525. The Bertz CT molecular complexity index is 460. The van der Waals surface area contributed by atoms with Crippen LogP contribution in [-0.2, 0) is 9.53 Å². The van der Waals surface area contributed by atoms with E-state index in [-0.39, 0.29) is 18.1 Å². The largest absolute Gasteiger partial charge is 0.464 e. The van der Waals surface area contributed by atoms with Crippen molar-refractivity contribution in [3.05, 3.63) is 18.1 Å². The molecule has 0 N–H and O–H groups in total. The topological polar surface area (TPSA) is 75.6 Å². The first-order valence-corrected chi connectivity index (χ1v) is 5.51. The van der Waals surface area contributed by atoms with E-state index in [1.165, 1.54) is 19.5 Å². The summed E-state index contributed by atoms with van der Waals surface area (Å²) in [5.74, 6) is 0.104. The summed E-state index contributed by atoms with van der Waals surface area (Å²) in [6.45, 7) is 1.64. The molecule has 7 nitrogen and oxygen atoms in total. The molecule has 2 heterocycles. The molecule has 0 spiro atoms. The SMILES string of the molecule is COC(=O)c1cnc(N2CCN(C)C(=O)C2)cn1. The molecule has 1 aliphatic heterocycles. The molecule has 0 bridgehead atoms. The van der Waals surface area contributed by atoms with Crippen molar-refractivity contribution in [3.63, 3.8) is 0 Å². The van der Waals surface area contributed by atoms with Crippen molar-refractivity contribution < 1.29 is 14.3 Å². The number of rotatable bonds is 2.